The van der Waals surface area contributed by atoms with Gasteiger partial charge in [0, 0.05) is 17.5 Å². The van der Waals surface area contributed by atoms with Crippen LogP contribution in [0.1, 0.15) is 23.7 Å². The number of carbonyl (C=O) groups excluding carboxylic acids is 1. The molecule has 1 aromatic heterocycles. The van der Waals surface area contributed by atoms with Gasteiger partial charge in [-0.25, -0.2) is 4.79 Å². The van der Waals surface area contributed by atoms with E-state index in [0.29, 0.717) is 17.0 Å². The lowest BCUT2D eigenvalue weighted by atomic mass is 10.1. The lowest BCUT2D eigenvalue weighted by Crippen LogP contribution is -2.08. The molecule has 1 aromatic rings. The van der Waals surface area contributed by atoms with Crippen LogP contribution in [-0.4, -0.2) is 22.9 Å². The fraction of sp³-hybridized carbons (Fsp3) is 0.455. The van der Waals surface area contributed by atoms with E-state index in [1.807, 2.05) is 0 Å². The molecule has 0 bridgehead atoms. The molecule has 0 aromatic carbocycles. The third-order valence-corrected chi connectivity index (χ3v) is 2.54. The van der Waals surface area contributed by atoms with Crippen LogP contribution in [-0.2, 0) is 21.8 Å². The smallest absolute Gasteiger partial charge is 0.506 e. The van der Waals surface area contributed by atoms with Gasteiger partial charge in [0.2, 0.25) is 0 Å². The monoisotopic (exact) mass is 257 g/mol. The highest BCUT2D eigenvalue weighted by atomic mass is 32.1. The minimum absolute atomic E-state index is 0.0286. The molecule has 1 heterocycles. The van der Waals surface area contributed by atoms with E-state index >= 15 is 0 Å². The number of rotatable bonds is 4. The third kappa shape index (κ3) is 3.52. The second kappa shape index (κ2) is 6.34. The zero-order valence-electron chi connectivity index (χ0n) is 9.77. The van der Waals surface area contributed by atoms with Gasteiger partial charge in [-0.15, -0.1) is 0 Å². The number of pyridine rings is 1. The summed E-state index contributed by atoms with van der Waals surface area (Å²) in [6.45, 7) is 3.56. The number of aryl methyl sites for hydroxylation is 1. The highest BCUT2D eigenvalue weighted by Crippen LogP contribution is 2.25. The zero-order valence-corrected chi connectivity index (χ0v) is 10.7. The second-order valence-electron chi connectivity index (χ2n) is 3.33. The van der Waals surface area contributed by atoms with Crippen LogP contribution in [0.25, 0.3) is 0 Å². The summed E-state index contributed by atoms with van der Waals surface area (Å²) < 4.78 is 9.49. The second-order valence-corrected chi connectivity index (χ2v) is 3.64. The van der Waals surface area contributed by atoms with Crippen molar-refractivity contribution in [3.8, 4) is 5.75 Å². The maximum absolute atomic E-state index is 11.1. The number of aromatic hydroxyl groups is 1. The number of carbonyl (C=O) groups is 1. The highest BCUT2D eigenvalue weighted by molar-refractivity contribution is 7.79. The molecule has 0 fully saturated rings. The molecule has 6 heteroatoms. The molecule has 0 atom stereocenters. The summed E-state index contributed by atoms with van der Waals surface area (Å²) in [6.07, 6.45) is 0.845. The van der Waals surface area contributed by atoms with Gasteiger partial charge in [0.15, 0.2) is 0 Å². The summed E-state index contributed by atoms with van der Waals surface area (Å²) in [5.74, 6) is 0.434. The van der Waals surface area contributed by atoms with Crippen molar-refractivity contribution in [3.05, 3.63) is 23.0 Å². The lowest BCUT2D eigenvalue weighted by Gasteiger charge is -2.11. The molecule has 17 heavy (non-hydrogen) atoms. The van der Waals surface area contributed by atoms with Crippen molar-refractivity contribution < 1.29 is 19.4 Å². The van der Waals surface area contributed by atoms with Gasteiger partial charge in [-0.05, 0) is 19.4 Å². The van der Waals surface area contributed by atoms with Crippen molar-refractivity contribution in [3.63, 3.8) is 0 Å². The summed E-state index contributed by atoms with van der Waals surface area (Å²) in [7, 11) is 0. The summed E-state index contributed by atoms with van der Waals surface area (Å²) in [6, 6.07) is 0. The van der Waals surface area contributed by atoms with Crippen LogP contribution in [0.3, 0.4) is 0 Å². The van der Waals surface area contributed by atoms with Gasteiger partial charge in [0.05, 0.1) is 12.3 Å². The molecule has 0 saturated carbocycles. The van der Waals surface area contributed by atoms with E-state index in [2.05, 4.69) is 22.3 Å². The van der Waals surface area contributed by atoms with Gasteiger partial charge in [-0.1, -0.05) is 0 Å². The molecule has 0 radical (unpaired) electrons. The topological polar surface area (TPSA) is 68.7 Å². The standard InChI is InChI=1S/C11H15NO4S/c1-3-15-11(14)16-5-9-8(6-17)4-12-7(2)10(9)13/h4,13,17H,3,5-6H2,1-2H3. The van der Waals surface area contributed by atoms with E-state index < -0.39 is 6.16 Å². The lowest BCUT2D eigenvalue weighted by molar-refractivity contribution is 0.0530. The first-order chi connectivity index (χ1) is 8.10. The van der Waals surface area contributed by atoms with E-state index in [4.69, 9.17) is 4.74 Å². The fourth-order valence-corrected chi connectivity index (χ4v) is 1.54. The minimum Gasteiger partial charge on any atom is -0.506 e. The van der Waals surface area contributed by atoms with Gasteiger partial charge in [0.25, 0.3) is 0 Å². The predicted molar refractivity (Wildman–Crippen MR) is 65.1 cm³/mol. The molecule has 1 rings (SSSR count). The molecular formula is C11H15NO4S. The van der Waals surface area contributed by atoms with Crippen molar-refractivity contribution in [2.45, 2.75) is 26.2 Å². The van der Waals surface area contributed by atoms with Crippen LogP contribution < -0.4 is 0 Å². The van der Waals surface area contributed by atoms with Gasteiger partial charge in [-0.3, -0.25) is 4.98 Å². The highest BCUT2D eigenvalue weighted by Gasteiger charge is 2.13. The molecule has 0 amide bonds. The van der Waals surface area contributed by atoms with Crippen molar-refractivity contribution in [1.82, 2.24) is 4.98 Å². The first kappa shape index (κ1) is 13.6. The van der Waals surface area contributed by atoms with Crippen molar-refractivity contribution in [2.75, 3.05) is 6.61 Å². The third-order valence-electron chi connectivity index (χ3n) is 2.20. The maximum atomic E-state index is 11.1. The molecule has 0 unspecified atom stereocenters. The molecular weight excluding hydrogens is 242 g/mol. The average molecular weight is 257 g/mol. The van der Waals surface area contributed by atoms with Crippen molar-refractivity contribution in [2.24, 2.45) is 0 Å². The van der Waals surface area contributed by atoms with E-state index in [1.165, 1.54) is 0 Å². The number of ether oxygens (including phenoxy) is 2. The zero-order chi connectivity index (χ0) is 12.8. The summed E-state index contributed by atoms with van der Waals surface area (Å²) >= 11 is 4.12. The van der Waals surface area contributed by atoms with Crippen molar-refractivity contribution in [1.29, 1.82) is 0 Å². The van der Waals surface area contributed by atoms with Crippen molar-refractivity contribution >= 4 is 18.8 Å². The van der Waals surface area contributed by atoms with Gasteiger partial charge < -0.3 is 14.6 Å². The normalized spacial score (nSPS) is 10.1. The molecule has 0 aliphatic carbocycles. The van der Waals surface area contributed by atoms with Crippen LogP contribution in [0.15, 0.2) is 6.20 Å². The Morgan fingerprint density at radius 2 is 2.24 bits per heavy atom. The first-order valence-corrected chi connectivity index (χ1v) is 5.80. The van der Waals surface area contributed by atoms with Crippen LogP contribution >= 0.6 is 12.6 Å². The molecule has 1 N–H and O–H groups in total. The Kier molecular flexibility index (Phi) is 5.09. The number of nitrogens with zero attached hydrogens (tertiary/aromatic N) is 1. The summed E-state index contributed by atoms with van der Waals surface area (Å²) in [4.78, 5) is 15.1. The van der Waals surface area contributed by atoms with Gasteiger partial charge in [-0.2, -0.15) is 12.6 Å². The Bertz CT molecular complexity index is 409. The Morgan fingerprint density at radius 1 is 1.53 bits per heavy atom. The Labute approximate surface area is 105 Å². The van der Waals surface area contributed by atoms with Gasteiger partial charge >= 0.3 is 6.16 Å². The Balaban J connectivity index is 2.82. The number of thiol groups is 1. The predicted octanol–water partition coefficient (Wildman–Crippen LogP) is 2.20. The SMILES string of the molecule is CCOC(=O)OCc1c(CS)cnc(C)c1O. The molecule has 0 saturated heterocycles. The average Bonchev–Trinajstić information content (AvgIpc) is 2.31. The maximum Gasteiger partial charge on any atom is 0.508 e. The quantitative estimate of drug-likeness (QED) is 0.639. The van der Waals surface area contributed by atoms with E-state index in [9.17, 15) is 9.90 Å². The van der Waals surface area contributed by atoms with E-state index in [1.54, 1.807) is 20.0 Å². The largest absolute Gasteiger partial charge is 0.508 e. The van der Waals surface area contributed by atoms with Crippen LogP contribution in [0.5, 0.6) is 5.75 Å². The summed E-state index contributed by atoms with van der Waals surface area (Å²) in [5.41, 5.74) is 1.72. The molecule has 0 aliphatic heterocycles. The fourth-order valence-electron chi connectivity index (χ4n) is 1.27. The van der Waals surface area contributed by atoms with Gasteiger partial charge in [0.1, 0.15) is 12.4 Å². The van der Waals surface area contributed by atoms with Crippen LogP contribution in [0.2, 0.25) is 0 Å². The first-order valence-electron chi connectivity index (χ1n) is 5.16. The van der Waals surface area contributed by atoms with Crippen LogP contribution in [0, 0.1) is 6.92 Å². The number of hydrogen-bond acceptors (Lipinski definition) is 6. The minimum atomic E-state index is -0.758. The molecule has 94 valence electrons. The Hall–Kier alpha value is -1.43. The molecule has 0 spiro atoms. The van der Waals surface area contributed by atoms with E-state index in [0.717, 1.165) is 5.56 Å². The number of hydrogen-bond donors (Lipinski definition) is 2. The number of aromatic nitrogens is 1. The Morgan fingerprint density at radius 3 is 2.82 bits per heavy atom. The molecule has 0 aliphatic rings. The summed E-state index contributed by atoms with van der Waals surface area (Å²) in [5, 5.41) is 9.82. The van der Waals surface area contributed by atoms with Crippen LogP contribution in [0.4, 0.5) is 4.79 Å². The van der Waals surface area contributed by atoms with E-state index in [-0.39, 0.29) is 19.0 Å². The molecule has 5 nitrogen and oxygen atoms in total.